The molecular weight excluding hydrogens is 328 g/mol. The topological polar surface area (TPSA) is 225 Å². The minimum Gasteiger partial charge on any atom is -0.480 e. The lowest BCUT2D eigenvalue weighted by Crippen LogP contribution is -2.30. The standard InChI is InChI=1S/C5H12NO4P.C3H8NO4P.H3N/c1-11(9,10)3-2-4(6)5(7)8;1-2-8-9(6,7)3(4)5;/h4H,2-3,6H2,1H3,(H,7,8)(H,9,10);2H2,1H3,(H2,4,5)(H,6,7);1H3. The van der Waals surface area contributed by atoms with E-state index in [1.54, 1.807) is 0 Å². The number of nitrogens with two attached hydrogens (primary N) is 2. The third kappa shape index (κ3) is 15.4. The molecule has 1 amide bonds. The quantitative estimate of drug-likeness (QED) is 0.340. The molecule has 0 aromatic rings. The number of carbonyl (C=O) groups excluding carboxylic acids is 1. The van der Waals surface area contributed by atoms with E-state index in [1.165, 1.54) is 13.6 Å². The Kier molecular flexibility index (Phi) is 13.0. The van der Waals surface area contributed by atoms with Crippen LogP contribution < -0.4 is 17.6 Å². The van der Waals surface area contributed by atoms with Gasteiger partial charge in [-0.25, -0.2) is 4.57 Å². The van der Waals surface area contributed by atoms with Crippen LogP contribution in [0.3, 0.4) is 0 Å². The number of carboxylic acid groups (broad SMARTS) is 1. The van der Waals surface area contributed by atoms with Crippen LogP contribution in [0.1, 0.15) is 13.3 Å². The van der Waals surface area contributed by atoms with E-state index in [2.05, 4.69) is 10.3 Å². The number of aliphatic carboxylic acids is 1. The van der Waals surface area contributed by atoms with E-state index in [0.29, 0.717) is 0 Å². The van der Waals surface area contributed by atoms with Crippen LogP contribution in [0.4, 0.5) is 4.79 Å². The van der Waals surface area contributed by atoms with Crippen LogP contribution in [0.15, 0.2) is 0 Å². The van der Waals surface area contributed by atoms with Gasteiger partial charge in [0, 0.05) is 12.8 Å². The van der Waals surface area contributed by atoms with Crippen molar-refractivity contribution in [1.82, 2.24) is 6.15 Å². The van der Waals surface area contributed by atoms with Crippen molar-refractivity contribution in [2.24, 2.45) is 11.5 Å². The summed E-state index contributed by atoms with van der Waals surface area (Å²) in [5, 5.41) is 8.28. The molecule has 3 unspecified atom stereocenters. The molecule has 0 saturated carbocycles. The van der Waals surface area contributed by atoms with Gasteiger partial charge in [0.05, 0.1) is 6.61 Å². The molecule has 21 heavy (non-hydrogen) atoms. The summed E-state index contributed by atoms with van der Waals surface area (Å²) in [5.74, 6) is -1.14. The van der Waals surface area contributed by atoms with Crippen LogP contribution in [0.2, 0.25) is 0 Å². The molecule has 0 saturated heterocycles. The zero-order valence-electron chi connectivity index (χ0n) is 11.8. The normalized spacial score (nSPS) is 17.0. The minimum atomic E-state index is -4.13. The molecule has 0 fully saturated rings. The molecule has 128 valence electrons. The van der Waals surface area contributed by atoms with Crippen molar-refractivity contribution in [2.45, 2.75) is 19.4 Å². The van der Waals surface area contributed by atoms with Crippen molar-refractivity contribution in [3.05, 3.63) is 0 Å². The van der Waals surface area contributed by atoms with Gasteiger partial charge in [-0.3, -0.25) is 14.2 Å². The SMILES string of the molecule is CCOP(=O)(O)C(N)=O.CP(=O)(O)CCC(N)C(=O)O.N. The Hall–Kier alpha value is -0.800. The highest BCUT2D eigenvalue weighted by molar-refractivity contribution is 7.70. The molecule has 0 aliphatic rings. The monoisotopic (exact) mass is 351 g/mol. The molecule has 10 N–H and O–H groups in total. The van der Waals surface area contributed by atoms with Crippen molar-refractivity contribution in [3.8, 4) is 0 Å². The number of amides is 1. The highest BCUT2D eigenvalue weighted by Crippen LogP contribution is 2.40. The predicted molar refractivity (Wildman–Crippen MR) is 76.9 cm³/mol. The van der Waals surface area contributed by atoms with Gasteiger partial charge in [-0.05, 0) is 13.3 Å². The summed E-state index contributed by atoms with van der Waals surface area (Å²) in [6, 6.07) is -1.03. The third-order valence-corrected chi connectivity index (χ3v) is 4.01. The average molecular weight is 351 g/mol. The van der Waals surface area contributed by atoms with Crippen LogP contribution in [0.25, 0.3) is 0 Å². The number of carboxylic acids is 1. The Morgan fingerprint density at radius 2 is 1.71 bits per heavy atom. The molecule has 11 nitrogen and oxygen atoms in total. The van der Waals surface area contributed by atoms with Gasteiger partial charge < -0.3 is 37.0 Å². The van der Waals surface area contributed by atoms with Crippen LogP contribution >= 0.6 is 15.0 Å². The Morgan fingerprint density at radius 3 is 1.90 bits per heavy atom. The number of primary amides is 1. The summed E-state index contributed by atoms with van der Waals surface area (Å²) < 4.78 is 25.1. The maximum Gasteiger partial charge on any atom is 0.415 e. The molecule has 0 radical (unpaired) electrons. The lowest BCUT2D eigenvalue weighted by molar-refractivity contribution is -0.138. The fourth-order valence-electron chi connectivity index (χ4n) is 0.741. The van der Waals surface area contributed by atoms with E-state index >= 15 is 0 Å². The van der Waals surface area contributed by atoms with Crippen molar-refractivity contribution >= 4 is 26.6 Å². The lowest BCUT2D eigenvalue weighted by atomic mass is 10.2. The van der Waals surface area contributed by atoms with E-state index in [0.717, 1.165) is 0 Å². The first-order chi connectivity index (χ1) is 8.83. The average Bonchev–Trinajstić information content (AvgIpc) is 2.25. The molecule has 0 heterocycles. The molecule has 0 aliphatic heterocycles. The van der Waals surface area contributed by atoms with E-state index in [4.69, 9.17) is 20.6 Å². The Morgan fingerprint density at radius 1 is 1.29 bits per heavy atom. The summed E-state index contributed by atoms with van der Waals surface area (Å²) in [6.07, 6.45) is 0.0000772. The highest BCUT2D eigenvalue weighted by Gasteiger charge is 2.26. The van der Waals surface area contributed by atoms with Crippen LogP contribution in [-0.4, -0.2) is 52.0 Å². The lowest BCUT2D eigenvalue weighted by Gasteiger charge is -2.07. The molecule has 3 atom stereocenters. The van der Waals surface area contributed by atoms with Crippen LogP contribution in [0.5, 0.6) is 0 Å². The Bertz CT molecular complexity index is 424. The fraction of sp³-hybridized carbons (Fsp3) is 0.750. The second-order valence-electron chi connectivity index (χ2n) is 3.78. The van der Waals surface area contributed by atoms with Gasteiger partial charge in [-0.15, -0.1) is 0 Å². The van der Waals surface area contributed by atoms with Crippen molar-refractivity contribution in [1.29, 1.82) is 0 Å². The van der Waals surface area contributed by atoms with Gasteiger partial charge in [0.1, 0.15) is 6.04 Å². The molecule has 0 bridgehead atoms. The molecule has 0 spiro atoms. The minimum absolute atomic E-state index is 0. The molecule has 0 aromatic heterocycles. The van der Waals surface area contributed by atoms with E-state index in [1.807, 2.05) is 0 Å². The van der Waals surface area contributed by atoms with Crippen molar-refractivity contribution in [3.63, 3.8) is 0 Å². The maximum absolute atomic E-state index is 10.6. The highest BCUT2D eigenvalue weighted by atomic mass is 31.2. The largest absolute Gasteiger partial charge is 0.480 e. The van der Waals surface area contributed by atoms with Gasteiger partial charge in [0.2, 0.25) is 0 Å². The number of carbonyl (C=O) groups is 2. The number of rotatable bonds is 7. The molecule has 0 aromatic carbocycles. The molecule has 13 heteroatoms. The van der Waals surface area contributed by atoms with Crippen LogP contribution in [-0.2, 0) is 18.4 Å². The summed E-state index contributed by atoms with van der Waals surface area (Å²) in [5.41, 5.74) is 8.26. The van der Waals surface area contributed by atoms with Gasteiger partial charge in [-0.2, -0.15) is 0 Å². The molecule has 0 aliphatic carbocycles. The molecule has 0 rings (SSSR count). The smallest absolute Gasteiger partial charge is 0.415 e. The third-order valence-electron chi connectivity index (χ3n) is 1.75. The first-order valence-corrected chi connectivity index (χ1v) is 9.25. The van der Waals surface area contributed by atoms with Crippen molar-refractivity contribution < 1.29 is 38.1 Å². The summed E-state index contributed by atoms with van der Waals surface area (Å²) in [4.78, 5) is 37.3. The van der Waals surface area contributed by atoms with Gasteiger partial charge in [0.25, 0.3) is 0 Å². The zero-order chi connectivity index (χ0) is 16.6. The first-order valence-electron chi connectivity index (χ1n) is 5.38. The summed E-state index contributed by atoms with van der Waals surface area (Å²) >= 11 is 0. The first kappa shape index (κ1) is 25.2. The van der Waals surface area contributed by atoms with E-state index in [-0.39, 0.29) is 25.3 Å². The Labute approximate surface area is 122 Å². The van der Waals surface area contributed by atoms with Crippen molar-refractivity contribution in [2.75, 3.05) is 19.4 Å². The zero-order valence-corrected chi connectivity index (χ0v) is 13.6. The second-order valence-corrected chi connectivity index (χ2v) is 8.07. The second kappa shape index (κ2) is 10.9. The van der Waals surface area contributed by atoms with E-state index in [9.17, 15) is 18.7 Å². The predicted octanol–water partition coefficient (Wildman–Crippen LogP) is 0.138. The van der Waals surface area contributed by atoms with Crippen LogP contribution in [0, 0.1) is 0 Å². The summed E-state index contributed by atoms with van der Waals surface area (Å²) in [7, 11) is -7.23. The summed E-state index contributed by atoms with van der Waals surface area (Å²) in [6.45, 7) is 2.67. The molecular formula is C8H23N3O8P2. The van der Waals surface area contributed by atoms with Gasteiger partial charge in [-0.1, -0.05) is 0 Å². The fourth-order valence-corrected chi connectivity index (χ4v) is 1.98. The maximum atomic E-state index is 10.6. The van der Waals surface area contributed by atoms with Gasteiger partial charge in [0.15, 0.2) is 7.37 Å². The number of hydrogen-bond donors (Lipinski definition) is 6. The van der Waals surface area contributed by atoms with E-state index < -0.39 is 32.6 Å². The van der Waals surface area contributed by atoms with Gasteiger partial charge >= 0.3 is 19.2 Å². The number of hydrogen-bond acceptors (Lipinski definition) is 7. The Balaban J connectivity index is -0.000000300.